The van der Waals surface area contributed by atoms with Gasteiger partial charge in [0, 0.05) is 25.8 Å². The molecule has 2 heterocycles. The van der Waals surface area contributed by atoms with Crippen molar-refractivity contribution in [2.75, 3.05) is 25.0 Å². The van der Waals surface area contributed by atoms with Crippen LogP contribution in [0.5, 0.6) is 5.75 Å². The average molecular weight is 342 g/mol. The van der Waals surface area contributed by atoms with Crippen molar-refractivity contribution in [3.05, 3.63) is 42.2 Å². The van der Waals surface area contributed by atoms with E-state index < -0.39 is 0 Å². The van der Waals surface area contributed by atoms with Gasteiger partial charge >= 0.3 is 0 Å². The minimum Gasteiger partial charge on any atom is -0.491 e. The molecule has 1 aromatic carbocycles. The fraction of sp³-hybridized carbons (Fsp3) is 0.474. The van der Waals surface area contributed by atoms with E-state index >= 15 is 0 Å². The Morgan fingerprint density at radius 1 is 1.36 bits per heavy atom. The molecule has 0 aliphatic carbocycles. The molecule has 1 saturated heterocycles. The van der Waals surface area contributed by atoms with Crippen molar-refractivity contribution in [3.8, 4) is 5.75 Å². The summed E-state index contributed by atoms with van der Waals surface area (Å²) in [5.41, 5.74) is 1.21. The number of nitrogens with one attached hydrogen (secondary N) is 1. The van der Waals surface area contributed by atoms with Crippen LogP contribution in [0.4, 0.5) is 5.69 Å². The number of aromatic nitrogens is 2. The molecule has 25 heavy (non-hydrogen) atoms. The Balaban J connectivity index is 1.59. The molecule has 3 rings (SSSR count). The molecule has 0 radical (unpaired) electrons. The van der Waals surface area contributed by atoms with Gasteiger partial charge in [-0.15, -0.1) is 0 Å². The maximum absolute atomic E-state index is 12.5. The molecule has 2 aromatic rings. The molecule has 6 nitrogen and oxygen atoms in total. The summed E-state index contributed by atoms with van der Waals surface area (Å²) in [6.45, 7) is 4.88. The number of carbonyl (C=O) groups is 1. The predicted octanol–water partition coefficient (Wildman–Crippen LogP) is 2.93. The smallest absolute Gasteiger partial charge is 0.259 e. The van der Waals surface area contributed by atoms with Crippen molar-refractivity contribution < 1.29 is 9.53 Å². The first-order valence-corrected chi connectivity index (χ1v) is 8.89. The third-order valence-electron chi connectivity index (χ3n) is 4.67. The molecule has 6 heteroatoms. The molecule has 1 aliphatic rings. The minimum atomic E-state index is -0.185. The monoisotopic (exact) mass is 342 g/mol. The van der Waals surface area contributed by atoms with Crippen LogP contribution in [0.2, 0.25) is 0 Å². The van der Waals surface area contributed by atoms with Crippen molar-refractivity contribution in [2.24, 2.45) is 7.05 Å². The van der Waals surface area contributed by atoms with Gasteiger partial charge in [-0.3, -0.25) is 14.4 Å². The fourth-order valence-electron chi connectivity index (χ4n) is 3.23. The summed E-state index contributed by atoms with van der Waals surface area (Å²) in [5, 5.41) is 6.91. The molecular weight excluding hydrogens is 316 g/mol. The van der Waals surface area contributed by atoms with Crippen LogP contribution < -0.4 is 10.1 Å². The SMILES string of the molecule is C[C@@H]1CCCCN1CCOc1ccccc1C(=O)Nc1cnn(C)c1. The van der Waals surface area contributed by atoms with Crippen molar-refractivity contribution in [1.29, 1.82) is 0 Å². The van der Waals surface area contributed by atoms with Gasteiger partial charge < -0.3 is 10.1 Å². The summed E-state index contributed by atoms with van der Waals surface area (Å²) in [6, 6.07) is 7.97. The lowest BCUT2D eigenvalue weighted by molar-refractivity contribution is 0.101. The van der Waals surface area contributed by atoms with E-state index in [-0.39, 0.29) is 5.91 Å². The van der Waals surface area contributed by atoms with Gasteiger partial charge in [0.25, 0.3) is 5.91 Å². The highest BCUT2D eigenvalue weighted by Crippen LogP contribution is 2.20. The molecule has 1 amide bonds. The minimum absolute atomic E-state index is 0.185. The fourth-order valence-corrected chi connectivity index (χ4v) is 3.23. The zero-order valence-corrected chi connectivity index (χ0v) is 14.9. The summed E-state index contributed by atoms with van der Waals surface area (Å²) >= 11 is 0. The number of carbonyl (C=O) groups excluding carboxylic acids is 1. The topological polar surface area (TPSA) is 59.4 Å². The molecule has 1 fully saturated rings. The van der Waals surface area contributed by atoms with E-state index in [1.807, 2.05) is 25.2 Å². The Morgan fingerprint density at radius 3 is 2.96 bits per heavy atom. The second kappa shape index (κ2) is 8.16. The zero-order chi connectivity index (χ0) is 17.6. The van der Waals surface area contributed by atoms with E-state index in [1.165, 1.54) is 19.3 Å². The molecule has 0 unspecified atom stereocenters. The summed E-state index contributed by atoms with van der Waals surface area (Å²) in [4.78, 5) is 15.0. The third kappa shape index (κ3) is 4.60. The lowest BCUT2D eigenvalue weighted by atomic mass is 10.0. The van der Waals surface area contributed by atoms with E-state index in [0.29, 0.717) is 29.6 Å². The van der Waals surface area contributed by atoms with Crippen LogP contribution in [0.3, 0.4) is 0 Å². The Bertz CT molecular complexity index is 713. The van der Waals surface area contributed by atoms with Crippen molar-refractivity contribution in [1.82, 2.24) is 14.7 Å². The number of aryl methyl sites for hydroxylation is 1. The number of hydrogen-bond donors (Lipinski definition) is 1. The zero-order valence-electron chi connectivity index (χ0n) is 14.9. The van der Waals surface area contributed by atoms with Gasteiger partial charge in [-0.25, -0.2) is 0 Å². The molecular formula is C19H26N4O2. The van der Waals surface area contributed by atoms with Gasteiger partial charge in [0.05, 0.1) is 17.4 Å². The Labute approximate surface area is 148 Å². The number of para-hydroxylation sites is 1. The predicted molar refractivity (Wildman–Crippen MR) is 98.0 cm³/mol. The van der Waals surface area contributed by atoms with Gasteiger partial charge in [-0.1, -0.05) is 18.6 Å². The first-order chi connectivity index (χ1) is 12.1. The number of ether oxygens (including phenoxy) is 1. The lowest BCUT2D eigenvalue weighted by Crippen LogP contribution is -2.40. The van der Waals surface area contributed by atoms with Gasteiger partial charge in [0.15, 0.2) is 0 Å². The maximum Gasteiger partial charge on any atom is 0.259 e. The number of nitrogens with zero attached hydrogens (tertiary/aromatic N) is 3. The van der Waals surface area contributed by atoms with Crippen LogP contribution in [0.15, 0.2) is 36.7 Å². The summed E-state index contributed by atoms with van der Waals surface area (Å²) in [7, 11) is 1.81. The highest BCUT2D eigenvalue weighted by molar-refractivity contribution is 6.06. The van der Waals surface area contributed by atoms with Crippen LogP contribution in [-0.2, 0) is 7.05 Å². The normalized spacial score (nSPS) is 18.1. The number of piperidine rings is 1. The number of rotatable bonds is 6. The third-order valence-corrected chi connectivity index (χ3v) is 4.67. The first-order valence-electron chi connectivity index (χ1n) is 8.89. The van der Waals surface area contributed by atoms with Gasteiger partial charge in [-0.2, -0.15) is 5.10 Å². The van der Waals surface area contributed by atoms with Crippen LogP contribution in [0.25, 0.3) is 0 Å². The standard InChI is InChI=1S/C19H26N4O2/c1-15-7-5-6-10-23(15)11-12-25-18-9-4-3-8-17(18)19(24)21-16-13-20-22(2)14-16/h3-4,8-9,13-15H,5-7,10-12H2,1-2H3,(H,21,24)/t15-/m1/s1. The van der Waals surface area contributed by atoms with Gasteiger partial charge in [-0.05, 0) is 38.4 Å². The Hall–Kier alpha value is -2.34. The van der Waals surface area contributed by atoms with E-state index in [0.717, 1.165) is 13.1 Å². The van der Waals surface area contributed by atoms with Crippen LogP contribution in [-0.4, -0.2) is 46.3 Å². The molecule has 1 N–H and O–H groups in total. The summed E-state index contributed by atoms with van der Waals surface area (Å²) in [6.07, 6.45) is 7.21. The number of amides is 1. The molecule has 1 aromatic heterocycles. The van der Waals surface area contributed by atoms with Gasteiger partial charge in [0.2, 0.25) is 0 Å². The second-order valence-corrected chi connectivity index (χ2v) is 6.58. The highest BCUT2D eigenvalue weighted by atomic mass is 16.5. The van der Waals surface area contributed by atoms with Crippen LogP contribution in [0, 0.1) is 0 Å². The number of anilines is 1. The van der Waals surface area contributed by atoms with Gasteiger partial charge in [0.1, 0.15) is 12.4 Å². The summed E-state index contributed by atoms with van der Waals surface area (Å²) in [5.74, 6) is 0.434. The maximum atomic E-state index is 12.5. The molecule has 134 valence electrons. The molecule has 0 saturated carbocycles. The molecule has 1 aliphatic heterocycles. The number of benzene rings is 1. The number of likely N-dealkylation sites (tertiary alicyclic amines) is 1. The lowest BCUT2D eigenvalue weighted by Gasteiger charge is -2.33. The Morgan fingerprint density at radius 2 is 2.20 bits per heavy atom. The molecule has 0 spiro atoms. The first kappa shape index (κ1) is 17.5. The van der Waals surface area contributed by atoms with E-state index in [9.17, 15) is 4.79 Å². The van der Waals surface area contributed by atoms with Crippen LogP contribution in [0.1, 0.15) is 36.5 Å². The van der Waals surface area contributed by atoms with E-state index in [1.54, 1.807) is 23.1 Å². The average Bonchev–Trinajstić information content (AvgIpc) is 3.02. The Kier molecular flexibility index (Phi) is 5.71. The van der Waals surface area contributed by atoms with Crippen molar-refractivity contribution >= 4 is 11.6 Å². The second-order valence-electron chi connectivity index (χ2n) is 6.58. The van der Waals surface area contributed by atoms with E-state index in [2.05, 4.69) is 22.2 Å². The number of hydrogen-bond acceptors (Lipinski definition) is 4. The largest absolute Gasteiger partial charge is 0.491 e. The van der Waals surface area contributed by atoms with E-state index in [4.69, 9.17) is 4.74 Å². The highest BCUT2D eigenvalue weighted by Gasteiger charge is 2.18. The molecule has 1 atom stereocenters. The molecule has 0 bridgehead atoms. The van der Waals surface area contributed by atoms with Crippen molar-refractivity contribution in [2.45, 2.75) is 32.2 Å². The quantitative estimate of drug-likeness (QED) is 0.877. The van der Waals surface area contributed by atoms with Crippen molar-refractivity contribution in [3.63, 3.8) is 0 Å². The summed E-state index contributed by atoms with van der Waals surface area (Å²) < 4.78 is 7.58. The van der Waals surface area contributed by atoms with Crippen LogP contribution >= 0.6 is 0 Å².